The first kappa shape index (κ1) is 20.6. The Bertz CT molecular complexity index is 724. The number of methoxy groups -OCH3 is 1. The van der Waals surface area contributed by atoms with E-state index in [1.807, 2.05) is 30.3 Å². The Balaban J connectivity index is 1.82. The molecule has 0 atom stereocenters. The van der Waals surface area contributed by atoms with Gasteiger partial charge in [-0.25, -0.2) is 4.79 Å². The maximum Gasteiger partial charge on any atom is 0.328 e. The van der Waals surface area contributed by atoms with Crippen molar-refractivity contribution < 1.29 is 14.3 Å². The van der Waals surface area contributed by atoms with Crippen LogP contribution in [0, 0.1) is 0 Å². The third kappa shape index (κ3) is 3.98. The molecule has 0 unspecified atom stereocenters. The molecule has 0 saturated carbocycles. The van der Waals surface area contributed by atoms with E-state index >= 15 is 0 Å². The van der Waals surface area contributed by atoms with Gasteiger partial charge in [0.1, 0.15) is 5.54 Å². The number of benzene rings is 1. The van der Waals surface area contributed by atoms with Crippen LogP contribution in [-0.2, 0) is 16.1 Å². The van der Waals surface area contributed by atoms with Crippen LogP contribution in [0.2, 0.25) is 0 Å². The number of urea groups is 1. The summed E-state index contributed by atoms with van der Waals surface area (Å²) in [4.78, 5) is 32.1. The highest BCUT2D eigenvalue weighted by Crippen LogP contribution is 2.38. The van der Waals surface area contributed by atoms with Gasteiger partial charge in [0.05, 0.1) is 13.2 Å². The van der Waals surface area contributed by atoms with Crippen molar-refractivity contribution in [2.24, 2.45) is 0 Å². The Labute approximate surface area is 167 Å². The molecule has 0 N–H and O–H groups in total. The van der Waals surface area contributed by atoms with Gasteiger partial charge in [0, 0.05) is 33.3 Å². The van der Waals surface area contributed by atoms with Gasteiger partial charge < -0.3 is 9.64 Å². The smallest absolute Gasteiger partial charge is 0.328 e. The zero-order valence-corrected chi connectivity index (χ0v) is 17.2. The summed E-state index contributed by atoms with van der Waals surface area (Å²) < 4.78 is 5.12. The molecule has 1 aromatic carbocycles. The number of ether oxygens (including phenoxy) is 1. The molecule has 0 bridgehead atoms. The standard InChI is InChI=1S/C22H31N3O3/c1-4-18(2)16-23-12-10-22(11-13-23)20(26)24(14-15-28-3)21(27)25(22)17-19-8-6-5-7-9-19/h4-9H,10-17H2,1-3H3/b18-4+. The number of rotatable bonds is 7. The second kappa shape index (κ2) is 8.88. The molecule has 2 aliphatic heterocycles. The number of amides is 3. The fraction of sp³-hybridized carbons (Fsp3) is 0.545. The lowest BCUT2D eigenvalue weighted by molar-refractivity contribution is -0.136. The number of nitrogens with zero attached hydrogens (tertiary/aromatic N) is 3. The number of likely N-dealkylation sites (tertiary alicyclic amines) is 1. The zero-order chi connectivity index (χ0) is 20.1. The Morgan fingerprint density at radius 2 is 1.86 bits per heavy atom. The molecule has 0 aliphatic carbocycles. The SMILES string of the molecule is C/C=C(\C)CN1CCC2(CC1)C(=O)N(CCOC)C(=O)N2Cc1ccccc1. The highest BCUT2D eigenvalue weighted by Gasteiger charge is 2.57. The second-order valence-corrected chi connectivity index (χ2v) is 7.75. The molecule has 152 valence electrons. The van der Waals surface area contributed by atoms with Crippen LogP contribution in [0.15, 0.2) is 42.0 Å². The molecule has 6 nitrogen and oxygen atoms in total. The van der Waals surface area contributed by atoms with Gasteiger partial charge in [0.25, 0.3) is 5.91 Å². The number of carbonyl (C=O) groups is 2. The lowest BCUT2D eigenvalue weighted by Gasteiger charge is -2.42. The Morgan fingerprint density at radius 3 is 2.46 bits per heavy atom. The van der Waals surface area contributed by atoms with Crippen LogP contribution < -0.4 is 0 Å². The van der Waals surface area contributed by atoms with E-state index in [4.69, 9.17) is 4.74 Å². The van der Waals surface area contributed by atoms with Crippen LogP contribution in [0.3, 0.4) is 0 Å². The van der Waals surface area contributed by atoms with Crippen molar-refractivity contribution in [3.05, 3.63) is 47.5 Å². The third-order valence-corrected chi connectivity index (χ3v) is 5.97. The number of imide groups is 1. The molecule has 1 aromatic rings. The molecule has 0 radical (unpaired) electrons. The van der Waals surface area contributed by atoms with Crippen molar-refractivity contribution in [2.45, 2.75) is 38.8 Å². The summed E-state index contributed by atoms with van der Waals surface area (Å²) in [6.45, 7) is 7.85. The largest absolute Gasteiger partial charge is 0.383 e. The van der Waals surface area contributed by atoms with Gasteiger partial charge in [-0.3, -0.25) is 14.6 Å². The van der Waals surface area contributed by atoms with Crippen LogP contribution >= 0.6 is 0 Å². The normalized spacial score (nSPS) is 20.5. The first-order valence-electron chi connectivity index (χ1n) is 10.0. The Hall–Kier alpha value is -2.18. The van der Waals surface area contributed by atoms with E-state index in [-0.39, 0.29) is 11.9 Å². The topological polar surface area (TPSA) is 53.1 Å². The number of allylic oxidation sites excluding steroid dienone is 1. The van der Waals surface area contributed by atoms with Gasteiger partial charge in [0.2, 0.25) is 0 Å². The summed E-state index contributed by atoms with van der Waals surface area (Å²) in [5.74, 6) is -0.0621. The highest BCUT2D eigenvalue weighted by molar-refractivity contribution is 6.07. The van der Waals surface area contributed by atoms with E-state index in [0.717, 1.165) is 25.2 Å². The van der Waals surface area contributed by atoms with E-state index < -0.39 is 5.54 Å². The molecule has 2 fully saturated rings. The lowest BCUT2D eigenvalue weighted by atomic mass is 9.85. The van der Waals surface area contributed by atoms with E-state index in [9.17, 15) is 9.59 Å². The molecule has 28 heavy (non-hydrogen) atoms. The number of carbonyl (C=O) groups excluding carboxylic acids is 2. The van der Waals surface area contributed by atoms with Crippen molar-refractivity contribution in [3.8, 4) is 0 Å². The van der Waals surface area contributed by atoms with Crippen molar-refractivity contribution in [3.63, 3.8) is 0 Å². The van der Waals surface area contributed by atoms with Crippen molar-refractivity contribution in [2.75, 3.05) is 39.9 Å². The van der Waals surface area contributed by atoms with Gasteiger partial charge in [-0.2, -0.15) is 0 Å². The quantitative estimate of drug-likeness (QED) is 0.535. The van der Waals surface area contributed by atoms with Gasteiger partial charge in [-0.15, -0.1) is 0 Å². The first-order valence-corrected chi connectivity index (χ1v) is 10.0. The van der Waals surface area contributed by atoms with Crippen LogP contribution in [0.4, 0.5) is 4.79 Å². The molecular weight excluding hydrogens is 354 g/mol. The molecule has 3 amide bonds. The molecule has 2 saturated heterocycles. The monoisotopic (exact) mass is 385 g/mol. The summed E-state index contributed by atoms with van der Waals surface area (Å²) in [6.07, 6.45) is 3.47. The van der Waals surface area contributed by atoms with Gasteiger partial charge >= 0.3 is 6.03 Å². The summed E-state index contributed by atoms with van der Waals surface area (Å²) in [5.41, 5.74) is 1.64. The highest BCUT2D eigenvalue weighted by atomic mass is 16.5. The molecule has 3 rings (SSSR count). The molecule has 2 heterocycles. The first-order chi connectivity index (χ1) is 13.5. The Morgan fingerprint density at radius 1 is 1.18 bits per heavy atom. The van der Waals surface area contributed by atoms with Crippen molar-refractivity contribution in [1.82, 2.24) is 14.7 Å². The number of piperidine rings is 1. The lowest BCUT2D eigenvalue weighted by Crippen LogP contribution is -2.56. The fourth-order valence-electron chi connectivity index (χ4n) is 4.16. The molecule has 1 spiro atoms. The predicted octanol–water partition coefficient (Wildman–Crippen LogP) is 2.90. The Kier molecular flexibility index (Phi) is 6.52. The third-order valence-electron chi connectivity index (χ3n) is 5.97. The van der Waals surface area contributed by atoms with E-state index in [0.29, 0.717) is 32.5 Å². The summed E-state index contributed by atoms with van der Waals surface area (Å²) in [6, 6.07) is 9.72. The zero-order valence-electron chi connectivity index (χ0n) is 17.2. The molecular formula is C22H31N3O3. The number of hydrogen-bond donors (Lipinski definition) is 0. The maximum absolute atomic E-state index is 13.4. The minimum atomic E-state index is -0.735. The van der Waals surface area contributed by atoms with Crippen LogP contribution in [0.25, 0.3) is 0 Å². The number of hydrogen-bond acceptors (Lipinski definition) is 4. The van der Waals surface area contributed by atoms with Gasteiger partial charge in [0.15, 0.2) is 0 Å². The predicted molar refractivity (Wildman–Crippen MR) is 109 cm³/mol. The van der Waals surface area contributed by atoms with Gasteiger partial charge in [-0.1, -0.05) is 42.0 Å². The molecule has 6 heteroatoms. The minimum absolute atomic E-state index is 0.0621. The summed E-state index contributed by atoms with van der Waals surface area (Å²) in [7, 11) is 1.59. The average Bonchev–Trinajstić information content (AvgIpc) is 2.90. The van der Waals surface area contributed by atoms with Crippen LogP contribution in [0.5, 0.6) is 0 Å². The average molecular weight is 386 g/mol. The minimum Gasteiger partial charge on any atom is -0.383 e. The van der Waals surface area contributed by atoms with E-state index in [1.165, 1.54) is 10.5 Å². The molecule has 2 aliphatic rings. The fourth-order valence-corrected chi connectivity index (χ4v) is 4.16. The summed E-state index contributed by atoms with van der Waals surface area (Å²) >= 11 is 0. The van der Waals surface area contributed by atoms with E-state index in [1.54, 1.807) is 12.0 Å². The second-order valence-electron chi connectivity index (χ2n) is 7.75. The van der Waals surface area contributed by atoms with Crippen LogP contribution in [0.1, 0.15) is 32.3 Å². The van der Waals surface area contributed by atoms with E-state index in [2.05, 4.69) is 24.8 Å². The maximum atomic E-state index is 13.4. The van der Waals surface area contributed by atoms with Gasteiger partial charge in [-0.05, 0) is 32.3 Å². The van der Waals surface area contributed by atoms with Crippen molar-refractivity contribution >= 4 is 11.9 Å². The summed E-state index contributed by atoms with van der Waals surface area (Å²) in [5, 5.41) is 0. The molecule has 0 aromatic heterocycles. The van der Waals surface area contributed by atoms with Crippen molar-refractivity contribution in [1.29, 1.82) is 0 Å². The van der Waals surface area contributed by atoms with Crippen LogP contribution in [-0.4, -0.2) is 72.1 Å².